The van der Waals surface area contributed by atoms with Crippen molar-refractivity contribution in [1.82, 2.24) is 0 Å². The van der Waals surface area contributed by atoms with Crippen LogP contribution in [0.5, 0.6) is 0 Å². The first-order valence-electron chi connectivity index (χ1n) is 11.5. The number of ether oxygens (including phenoxy) is 3. The quantitative estimate of drug-likeness (QED) is 0.165. The van der Waals surface area contributed by atoms with Crippen molar-refractivity contribution < 1.29 is 139 Å². The Balaban J connectivity index is 1.64. The van der Waals surface area contributed by atoms with Crippen molar-refractivity contribution in [3.05, 3.63) is 0 Å². The lowest BCUT2D eigenvalue weighted by Gasteiger charge is -2.57. The predicted molar refractivity (Wildman–Crippen MR) is 113 cm³/mol. The number of aliphatic hydroxyl groups is 5. The van der Waals surface area contributed by atoms with Crippen LogP contribution in [0.2, 0.25) is 0 Å². The van der Waals surface area contributed by atoms with Gasteiger partial charge in [-0.25, -0.2) is 4.18 Å². The fraction of sp³-hybridized carbons (Fsp3) is 1.00. The average molecular weight is 813 g/mol. The summed E-state index contributed by atoms with van der Waals surface area (Å²) in [7, 11) is -31.3. The van der Waals surface area contributed by atoms with E-state index in [-0.39, 0.29) is 0 Å². The van der Waals surface area contributed by atoms with Crippen LogP contribution >= 0.6 is 0 Å². The molecule has 8 aliphatic heterocycles. The molecule has 8 fully saturated rings. The van der Waals surface area contributed by atoms with E-state index in [1.165, 1.54) is 0 Å². The maximum atomic E-state index is 13.0. The van der Waals surface area contributed by atoms with E-state index in [4.69, 9.17) is 14.2 Å². The molecule has 31 nitrogen and oxygen atoms in total. The summed E-state index contributed by atoms with van der Waals surface area (Å²) in [5.41, 5.74) is 0. The van der Waals surface area contributed by atoms with Crippen LogP contribution in [0.15, 0.2) is 0 Å². The number of hydrogen-bond donors (Lipinski definition) is 5. The van der Waals surface area contributed by atoms with Gasteiger partial charge in [0.25, 0.3) is 0 Å². The van der Waals surface area contributed by atoms with Crippen molar-refractivity contribution in [2.45, 2.75) is 59.2 Å². The van der Waals surface area contributed by atoms with Crippen LogP contribution in [-0.2, 0) is 123 Å². The third-order valence-electron chi connectivity index (χ3n) is 6.84. The summed E-state index contributed by atoms with van der Waals surface area (Å²) in [5.74, 6) is -33.2. The second-order valence-electron chi connectivity index (χ2n) is 9.63. The number of aliphatic hydroxyl groups excluding tert-OH is 4. The predicted octanol–water partition coefficient (Wildman–Crippen LogP) is -8.83. The van der Waals surface area contributed by atoms with Crippen molar-refractivity contribution in [1.29, 1.82) is 0 Å². The van der Waals surface area contributed by atoms with E-state index in [0.29, 0.717) is 0 Å². The Morgan fingerprint density at radius 1 is 0.604 bits per heavy atom. The van der Waals surface area contributed by atoms with Crippen LogP contribution in [0.25, 0.3) is 0 Å². The SMILES string of the molecule is O=S1(=O)OOC23OS(=O)(=O)OO[C@@]45OS(=O)(=O)O[C@@]4(O)[C@]4(OO1)OS(=O)(=O)O[C@@]4(OC1(CO)O[C@H](CO)[C@@H](O)[C@@H]1O)O[C@]25OS(=O)(=O)O3. The first kappa shape index (κ1) is 35.3. The van der Waals surface area contributed by atoms with Crippen molar-refractivity contribution in [2.75, 3.05) is 13.2 Å². The molecule has 8 rings (SSSR count). The number of hydrogen-bond acceptors (Lipinski definition) is 31. The molecule has 0 aromatic heterocycles. The third-order valence-corrected chi connectivity index (χ3v) is 10.6. The van der Waals surface area contributed by atoms with Crippen molar-refractivity contribution in [3.63, 3.8) is 0 Å². The monoisotopic (exact) mass is 812 g/mol. The van der Waals surface area contributed by atoms with E-state index in [0.717, 1.165) is 0 Å². The van der Waals surface area contributed by atoms with E-state index in [1.807, 2.05) is 0 Å². The molecule has 48 heavy (non-hydrogen) atoms. The molecule has 0 aromatic rings. The summed E-state index contributed by atoms with van der Waals surface area (Å²) in [5, 5.41) is 52.9. The molecular formula is C12H12O31S5. The highest BCUT2D eigenvalue weighted by Gasteiger charge is 3.06. The van der Waals surface area contributed by atoms with E-state index < -0.39 is 124 Å². The minimum Gasteiger partial charge on any atom is -0.394 e. The van der Waals surface area contributed by atoms with E-state index in [1.54, 1.807) is 0 Å². The Bertz CT molecular complexity index is 1990. The lowest BCUT2D eigenvalue weighted by molar-refractivity contribution is -0.679. The van der Waals surface area contributed by atoms with E-state index in [9.17, 15) is 67.6 Å². The molecular weight excluding hydrogens is 800 g/mol. The highest BCUT2D eigenvalue weighted by atomic mass is 32.3. The largest absolute Gasteiger partial charge is 0.453 e. The Labute approximate surface area is 263 Å². The van der Waals surface area contributed by atoms with Gasteiger partial charge in [0, 0.05) is 0 Å². The highest BCUT2D eigenvalue weighted by Crippen LogP contribution is 2.72. The summed E-state index contributed by atoms with van der Waals surface area (Å²) < 4.78 is 185. The van der Waals surface area contributed by atoms with Crippen LogP contribution < -0.4 is 0 Å². The minimum atomic E-state index is -6.28. The van der Waals surface area contributed by atoms with Gasteiger partial charge in [-0.1, -0.05) is 13.0 Å². The molecule has 5 N–H and O–H groups in total. The Morgan fingerprint density at radius 2 is 1.12 bits per heavy atom. The average Bonchev–Trinajstić information content (AvgIpc) is 3.49. The van der Waals surface area contributed by atoms with E-state index in [2.05, 4.69) is 56.9 Å². The molecule has 0 aromatic carbocycles. The molecule has 276 valence electrons. The summed E-state index contributed by atoms with van der Waals surface area (Å²) in [6.07, 6.45) is -7.17. The molecule has 0 aliphatic carbocycles. The Morgan fingerprint density at radius 3 is 1.75 bits per heavy atom. The van der Waals surface area contributed by atoms with Gasteiger partial charge in [0.05, 0.1) is 6.61 Å². The molecule has 4 bridgehead atoms. The minimum absolute atomic E-state index is 1.26. The van der Waals surface area contributed by atoms with Gasteiger partial charge in [-0.15, -0.1) is 4.89 Å². The van der Waals surface area contributed by atoms with Gasteiger partial charge in [-0.3, -0.25) is 9.47 Å². The molecule has 8 aliphatic rings. The lowest BCUT2D eigenvalue weighted by Crippen LogP contribution is -2.91. The first-order valence-corrected chi connectivity index (χ1v) is 18.1. The number of fused-ring (bicyclic) bond motifs is 4. The zero-order valence-electron chi connectivity index (χ0n) is 21.5. The summed E-state index contributed by atoms with van der Waals surface area (Å²) in [6.45, 7) is -3.15. The van der Waals surface area contributed by atoms with Gasteiger partial charge in [0.2, 0.25) is 5.79 Å². The van der Waals surface area contributed by atoms with Gasteiger partial charge in [0.15, 0.2) is 0 Å². The van der Waals surface area contributed by atoms with Gasteiger partial charge in [-0.2, -0.15) is 77.0 Å². The number of rotatable bonds is 4. The summed E-state index contributed by atoms with van der Waals surface area (Å²) >= 11 is 0. The van der Waals surface area contributed by atoms with Gasteiger partial charge < -0.3 is 30.3 Å². The second kappa shape index (κ2) is 9.66. The fourth-order valence-electron chi connectivity index (χ4n) is 5.12. The zero-order chi connectivity index (χ0) is 35.5. The van der Waals surface area contributed by atoms with Crippen LogP contribution in [0.3, 0.4) is 0 Å². The standard InChI is InChI=1S/C12H12O31S5/c13-1-3-4(15)5(16)6(2-14,28-3)29-11-9(36-45(20,21)38-11)7(17)8(35-44(18,19)34-7)10(30-11)12(39-46(22,23)37-10,40-47(24,25)41-31-8)33-43-48(26,27)42-32-9/h3-5,13-17H,1-2H2/t3-,4-,5+,6?,7-,8-,9+,10-,11+,12?/m1/s1. The molecule has 3 spiro atoms. The van der Waals surface area contributed by atoms with Crippen molar-refractivity contribution in [2.24, 2.45) is 0 Å². The summed E-state index contributed by atoms with van der Waals surface area (Å²) in [6, 6.07) is 0. The molecule has 2 unspecified atom stereocenters. The van der Waals surface area contributed by atoms with Crippen molar-refractivity contribution >= 4 is 52.0 Å². The molecule has 10 atom stereocenters. The van der Waals surface area contributed by atoms with Gasteiger partial charge in [0.1, 0.15) is 24.9 Å². The Kier molecular flexibility index (Phi) is 7.11. The van der Waals surface area contributed by atoms with Crippen LogP contribution in [0.4, 0.5) is 0 Å². The second-order valence-corrected chi connectivity index (χ2v) is 15.3. The first-order chi connectivity index (χ1) is 21.8. The molecule has 0 saturated carbocycles. The topological polar surface area (TPSA) is 420 Å². The van der Waals surface area contributed by atoms with Crippen LogP contribution in [0.1, 0.15) is 0 Å². The highest BCUT2D eigenvalue weighted by molar-refractivity contribution is 7.83. The molecule has 36 heteroatoms. The maximum Gasteiger partial charge on any atom is 0.453 e. The molecule has 8 heterocycles. The van der Waals surface area contributed by atoms with Gasteiger partial charge >= 0.3 is 87.1 Å². The van der Waals surface area contributed by atoms with E-state index >= 15 is 0 Å². The fourth-order valence-corrected chi connectivity index (χ4v) is 9.29. The van der Waals surface area contributed by atoms with Crippen LogP contribution in [0, 0.1) is 0 Å². The summed E-state index contributed by atoms with van der Waals surface area (Å²) in [4.78, 5) is 12.9. The zero-order valence-corrected chi connectivity index (χ0v) is 25.6. The van der Waals surface area contributed by atoms with Crippen LogP contribution in [-0.4, -0.2) is 140 Å². The smallest absolute Gasteiger partial charge is 0.394 e. The molecule has 0 radical (unpaired) electrons. The molecule has 0 amide bonds. The Hall–Kier alpha value is -1.09. The van der Waals surface area contributed by atoms with Crippen molar-refractivity contribution in [3.8, 4) is 0 Å². The normalized spacial score (nSPS) is 53.7. The third kappa shape index (κ3) is 4.24. The maximum absolute atomic E-state index is 13.0. The molecule has 8 saturated heterocycles. The lowest BCUT2D eigenvalue weighted by atomic mass is 9.82. The van der Waals surface area contributed by atoms with Gasteiger partial charge in [-0.05, 0) is 0 Å².